The van der Waals surface area contributed by atoms with Gasteiger partial charge in [-0.05, 0) is 73.8 Å². The van der Waals surface area contributed by atoms with Crippen LogP contribution in [0.15, 0.2) is 193 Å². The molecule has 0 aliphatic carbocycles. The molecule has 0 radical (unpaired) electrons. The second-order valence-corrected chi connectivity index (χ2v) is 15.5. The van der Waals surface area contributed by atoms with Crippen LogP contribution in [0.5, 0.6) is 0 Å². The van der Waals surface area contributed by atoms with Crippen LogP contribution in [0.4, 0.5) is 0 Å². The predicted molar refractivity (Wildman–Crippen MR) is 245 cm³/mol. The van der Waals surface area contributed by atoms with Crippen LogP contribution in [0.25, 0.3) is 127 Å². The molecule has 4 aromatic heterocycles. The summed E-state index contributed by atoms with van der Waals surface area (Å²) in [5, 5.41) is 11.4. The fourth-order valence-electron chi connectivity index (χ4n) is 9.01. The van der Waals surface area contributed by atoms with Crippen LogP contribution in [0, 0.1) is 0 Å². The number of hydrogen-bond donors (Lipinski definition) is 0. The Balaban J connectivity index is 0.940. The fourth-order valence-corrected chi connectivity index (χ4v) is 9.01. The van der Waals surface area contributed by atoms with Gasteiger partial charge >= 0.3 is 0 Å². The lowest BCUT2D eigenvalue weighted by atomic mass is 9.95. The number of pyridine rings is 1. The van der Waals surface area contributed by atoms with Crippen molar-refractivity contribution < 1.29 is 4.42 Å². The molecule has 0 aliphatic heterocycles. The first-order chi connectivity index (χ1) is 29.7. The van der Waals surface area contributed by atoms with E-state index in [-0.39, 0.29) is 0 Å². The Morgan fingerprint density at radius 1 is 0.333 bits per heavy atom. The Bertz CT molecular complexity index is 3800. The van der Waals surface area contributed by atoms with Crippen molar-refractivity contribution in [3.05, 3.63) is 188 Å². The van der Waals surface area contributed by atoms with Gasteiger partial charge in [-0.25, -0.2) is 19.9 Å². The smallest absolute Gasteiger partial charge is 0.164 e. The molecule has 0 amide bonds. The lowest BCUT2D eigenvalue weighted by molar-refractivity contribution is 0.666. The van der Waals surface area contributed by atoms with Crippen molar-refractivity contribution in [2.75, 3.05) is 0 Å². The summed E-state index contributed by atoms with van der Waals surface area (Å²) in [6, 6.07) is 63.8. The quantitative estimate of drug-likeness (QED) is 0.167. The first kappa shape index (κ1) is 32.8. The van der Waals surface area contributed by atoms with E-state index in [0.717, 1.165) is 88.0 Å². The zero-order chi connectivity index (χ0) is 39.3. The number of benzene rings is 9. The highest BCUT2D eigenvalue weighted by atomic mass is 16.3. The second-order valence-electron chi connectivity index (χ2n) is 15.5. The summed E-state index contributed by atoms with van der Waals surface area (Å²) in [7, 11) is 0. The van der Waals surface area contributed by atoms with E-state index in [1.807, 2.05) is 12.1 Å². The summed E-state index contributed by atoms with van der Waals surface area (Å²) in [6.45, 7) is 0. The van der Waals surface area contributed by atoms with Crippen LogP contribution in [-0.2, 0) is 0 Å². The molecule has 6 nitrogen and oxygen atoms in total. The molecular formula is C54H31N5O. The van der Waals surface area contributed by atoms with Crippen molar-refractivity contribution in [2.45, 2.75) is 0 Å². The average Bonchev–Trinajstić information content (AvgIpc) is 3.88. The normalized spacial score (nSPS) is 12.0. The molecule has 4 heterocycles. The Labute approximate surface area is 342 Å². The summed E-state index contributed by atoms with van der Waals surface area (Å²) < 4.78 is 8.52. The van der Waals surface area contributed by atoms with Gasteiger partial charge < -0.3 is 4.42 Å². The fraction of sp³-hybridized carbons (Fsp3) is 0. The van der Waals surface area contributed by atoms with Gasteiger partial charge in [0, 0.05) is 38.2 Å². The molecule has 0 N–H and O–H groups in total. The van der Waals surface area contributed by atoms with Crippen LogP contribution in [0.3, 0.4) is 0 Å². The summed E-state index contributed by atoms with van der Waals surface area (Å²) in [4.78, 5) is 20.5. The molecule has 0 aliphatic rings. The number of nitrogens with zero attached hydrogens (tertiary/aromatic N) is 5. The second kappa shape index (κ2) is 12.6. The van der Waals surface area contributed by atoms with Gasteiger partial charge in [-0.1, -0.05) is 152 Å². The van der Waals surface area contributed by atoms with E-state index in [1.54, 1.807) is 0 Å². The first-order valence-electron chi connectivity index (χ1n) is 20.1. The Morgan fingerprint density at radius 3 is 1.58 bits per heavy atom. The molecular weight excluding hydrogens is 735 g/mol. The van der Waals surface area contributed by atoms with Gasteiger partial charge in [0.1, 0.15) is 11.2 Å². The summed E-state index contributed by atoms with van der Waals surface area (Å²) >= 11 is 0. The highest BCUT2D eigenvalue weighted by Crippen LogP contribution is 2.39. The van der Waals surface area contributed by atoms with Gasteiger partial charge in [-0.15, -0.1) is 0 Å². The molecule has 0 spiro atoms. The van der Waals surface area contributed by atoms with E-state index in [1.165, 1.54) is 21.5 Å². The summed E-state index contributed by atoms with van der Waals surface area (Å²) in [5.41, 5.74) is 9.70. The van der Waals surface area contributed by atoms with Crippen molar-refractivity contribution in [3.63, 3.8) is 0 Å². The molecule has 0 saturated heterocycles. The van der Waals surface area contributed by atoms with E-state index in [4.69, 9.17) is 24.4 Å². The number of aromatic nitrogens is 5. The molecule has 13 rings (SSSR count). The third-order valence-electron chi connectivity index (χ3n) is 12.0. The van der Waals surface area contributed by atoms with E-state index in [2.05, 4.69) is 180 Å². The van der Waals surface area contributed by atoms with Gasteiger partial charge in [0.25, 0.3) is 0 Å². The van der Waals surface area contributed by atoms with Crippen LogP contribution in [0.1, 0.15) is 0 Å². The van der Waals surface area contributed by atoms with Crippen LogP contribution < -0.4 is 0 Å². The van der Waals surface area contributed by atoms with E-state index >= 15 is 0 Å². The molecule has 0 unspecified atom stereocenters. The first-order valence-corrected chi connectivity index (χ1v) is 20.1. The average molecular weight is 766 g/mol. The van der Waals surface area contributed by atoms with Crippen molar-refractivity contribution >= 4 is 81.7 Å². The third-order valence-corrected chi connectivity index (χ3v) is 12.0. The van der Waals surface area contributed by atoms with Gasteiger partial charge in [-0.3, -0.25) is 4.40 Å². The monoisotopic (exact) mass is 765 g/mol. The number of fused-ring (bicyclic) bond motifs is 13. The van der Waals surface area contributed by atoms with Crippen LogP contribution >= 0.6 is 0 Å². The minimum Gasteiger partial charge on any atom is -0.455 e. The minimum atomic E-state index is 0.626. The lowest BCUT2D eigenvalue weighted by Crippen LogP contribution is -2.00. The van der Waals surface area contributed by atoms with E-state index < -0.39 is 0 Å². The van der Waals surface area contributed by atoms with E-state index in [0.29, 0.717) is 17.5 Å². The minimum absolute atomic E-state index is 0.626. The standard InChI is InChI=1S/C54H31N5O/c1-3-11-36-27-39(23-19-32(36)9-1)53-56-52(57-54(58-53)40-24-20-33-10-2-4-12-37(33)28-40)35-21-17-34(18-22-35)38-25-26-44-45(29-38)41-13-5-6-15-43(41)50-51(44)59-31-48-46(30-49(59)55-50)42-14-7-8-16-47(42)60-48/h1-31H. The summed E-state index contributed by atoms with van der Waals surface area (Å²) in [6.07, 6.45) is 2.10. The Morgan fingerprint density at radius 2 is 0.883 bits per heavy atom. The molecule has 278 valence electrons. The summed E-state index contributed by atoms with van der Waals surface area (Å²) in [5.74, 6) is 1.90. The zero-order valence-corrected chi connectivity index (χ0v) is 32.0. The molecule has 13 aromatic rings. The van der Waals surface area contributed by atoms with Gasteiger partial charge in [-0.2, -0.15) is 0 Å². The highest BCUT2D eigenvalue weighted by Gasteiger charge is 2.18. The molecule has 0 saturated carbocycles. The molecule has 6 heteroatoms. The van der Waals surface area contributed by atoms with E-state index in [9.17, 15) is 0 Å². The molecule has 60 heavy (non-hydrogen) atoms. The maximum absolute atomic E-state index is 6.32. The van der Waals surface area contributed by atoms with Crippen molar-refractivity contribution in [1.29, 1.82) is 0 Å². The number of hydrogen-bond acceptors (Lipinski definition) is 5. The number of rotatable bonds is 4. The molecule has 0 fully saturated rings. The zero-order valence-electron chi connectivity index (χ0n) is 32.0. The van der Waals surface area contributed by atoms with Crippen molar-refractivity contribution in [3.8, 4) is 45.3 Å². The Kier molecular flexibility index (Phi) is 6.91. The SMILES string of the molecule is c1ccc2cc(-c3nc(-c4ccc(-c5ccc6c(c5)c5ccccc5c5nc7cc8c(cn7c65)oc5ccccc58)cc4)nc(-c4ccc5ccccc5c4)n3)ccc2c1. The van der Waals surface area contributed by atoms with Gasteiger partial charge in [0.15, 0.2) is 23.1 Å². The van der Waals surface area contributed by atoms with Crippen LogP contribution in [-0.4, -0.2) is 24.3 Å². The van der Waals surface area contributed by atoms with Crippen LogP contribution in [0.2, 0.25) is 0 Å². The highest BCUT2D eigenvalue weighted by molar-refractivity contribution is 6.25. The Hall–Kier alpha value is -8.22. The largest absolute Gasteiger partial charge is 0.455 e. The van der Waals surface area contributed by atoms with Crippen molar-refractivity contribution in [2.24, 2.45) is 0 Å². The van der Waals surface area contributed by atoms with Gasteiger partial charge in [0.2, 0.25) is 0 Å². The third kappa shape index (κ3) is 5.07. The number of imidazole rings is 1. The maximum atomic E-state index is 6.32. The number of para-hydroxylation sites is 1. The van der Waals surface area contributed by atoms with Gasteiger partial charge in [0.05, 0.1) is 17.2 Å². The lowest BCUT2D eigenvalue weighted by Gasteiger charge is -2.11. The number of furan rings is 1. The topological polar surface area (TPSA) is 69.1 Å². The predicted octanol–water partition coefficient (Wildman–Crippen LogP) is 13.9. The molecule has 0 atom stereocenters. The molecule has 9 aromatic carbocycles. The maximum Gasteiger partial charge on any atom is 0.164 e. The van der Waals surface area contributed by atoms with Crippen molar-refractivity contribution in [1.82, 2.24) is 24.3 Å². The molecule has 0 bridgehead atoms.